The molecule has 5 fully saturated rings. The number of hydrogen-bond donors (Lipinski definition) is 2. The van der Waals surface area contributed by atoms with E-state index in [1.807, 2.05) is 74.2 Å². The number of β-amino-alcohol motifs (C(OH)–C–C–N with tert-alkyl or cyclic N) is 1. The van der Waals surface area contributed by atoms with Gasteiger partial charge >= 0.3 is 6.18 Å². The van der Waals surface area contributed by atoms with Gasteiger partial charge in [-0.2, -0.15) is 18.4 Å². The van der Waals surface area contributed by atoms with Crippen LogP contribution in [0.1, 0.15) is 123 Å². The van der Waals surface area contributed by atoms with Gasteiger partial charge in [-0.25, -0.2) is 9.97 Å². The fourth-order valence-electron chi connectivity index (χ4n) is 11.9. The van der Waals surface area contributed by atoms with Gasteiger partial charge in [0.05, 0.1) is 57.8 Å². The summed E-state index contributed by atoms with van der Waals surface area (Å²) in [6.07, 6.45) is 0.470. The fraction of sp³-hybridized carbons (Fsp3) is 0.466. The number of rotatable bonds is 12. The van der Waals surface area contributed by atoms with Crippen LogP contribution in [0, 0.1) is 48.9 Å². The number of piperidine rings is 2. The molecule has 4 amide bonds. The van der Waals surface area contributed by atoms with Crippen molar-refractivity contribution in [3.63, 3.8) is 0 Å². The number of alkyl halides is 3. The molecule has 2 aromatic carbocycles. The van der Waals surface area contributed by atoms with Crippen molar-refractivity contribution in [3.05, 3.63) is 112 Å². The summed E-state index contributed by atoms with van der Waals surface area (Å²) in [7, 11) is 0. The summed E-state index contributed by atoms with van der Waals surface area (Å²) in [6.45, 7) is 10.4. The second-order valence-electron chi connectivity index (χ2n) is 21.7. The quantitative estimate of drug-likeness (QED) is 0.0894. The number of benzene rings is 2. The average molecular weight is 1120 g/mol. The maximum absolute atomic E-state index is 14.4. The molecular formula is C58H61F3N10O6S2. The average Bonchev–Trinajstić information content (AvgIpc) is 4.07. The van der Waals surface area contributed by atoms with Crippen molar-refractivity contribution in [1.29, 1.82) is 5.26 Å². The first-order valence-corrected chi connectivity index (χ1v) is 28.1. The molecule has 1 saturated carbocycles. The molecule has 0 bridgehead atoms. The van der Waals surface area contributed by atoms with Crippen molar-refractivity contribution in [2.45, 2.75) is 127 Å². The number of thiazole rings is 1. The maximum atomic E-state index is 14.4. The van der Waals surface area contributed by atoms with Crippen LogP contribution in [0.5, 0.6) is 0 Å². The highest BCUT2D eigenvalue weighted by Gasteiger charge is 2.60. The Morgan fingerprint density at radius 3 is 2.28 bits per heavy atom. The van der Waals surface area contributed by atoms with Crippen LogP contribution in [0.4, 0.5) is 24.5 Å². The first kappa shape index (κ1) is 55.3. The predicted molar refractivity (Wildman–Crippen MR) is 293 cm³/mol. The number of likely N-dealkylation sites (tertiary alicyclic amines) is 3. The monoisotopic (exact) mass is 1110 g/mol. The molecule has 16 nitrogen and oxygen atoms in total. The van der Waals surface area contributed by atoms with Gasteiger partial charge in [0.2, 0.25) is 17.7 Å². The van der Waals surface area contributed by atoms with E-state index in [0.29, 0.717) is 49.1 Å². The van der Waals surface area contributed by atoms with E-state index in [0.717, 1.165) is 89.6 Å². The maximum Gasteiger partial charge on any atom is 0.419 e. The number of anilines is 2. The van der Waals surface area contributed by atoms with Crippen LogP contribution in [-0.2, 0) is 25.4 Å². The molecule has 4 unspecified atom stereocenters. The zero-order chi connectivity index (χ0) is 55.9. The van der Waals surface area contributed by atoms with Crippen molar-refractivity contribution >= 4 is 63.7 Å². The largest absolute Gasteiger partial charge is 0.419 e. The molecule has 4 atom stereocenters. The van der Waals surface area contributed by atoms with Gasteiger partial charge in [-0.05, 0) is 131 Å². The third-order valence-electron chi connectivity index (χ3n) is 16.3. The minimum Gasteiger partial charge on any atom is -0.391 e. The van der Waals surface area contributed by atoms with Gasteiger partial charge < -0.3 is 34.5 Å². The Hall–Kier alpha value is -7.04. The Morgan fingerprint density at radius 2 is 1.68 bits per heavy atom. The summed E-state index contributed by atoms with van der Waals surface area (Å²) in [5.41, 5.74) is 3.28. The SMILES string of the molecule is Cc1cc(C(C(=O)N2CC(O)CC2C(=O)NC(CC(=O)N2CCC(N3CCC(C#Cc4ccc(N5C(=S)N(c6cnc(C#N)c(C(F)(F)F)c6)C(=O)C56CCC6)cc4)CC3)CC2)c2ccc(-c3scnc3C)cc2)C(C)C)on1. The number of amides is 4. The number of carbonyl (C=O) groups is 4. The number of halogens is 3. The molecule has 4 saturated heterocycles. The van der Waals surface area contributed by atoms with Gasteiger partial charge in [-0.1, -0.05) is 55.1 Å². The van der Waals surface area contributed by atoms with Crippen LogP contribution >= 0.6 is 23.6 Å². The van der Waals surface area contributed by atoms with E-state index in [4.69, 9.17) is 16.7 Å². The standard InChI is InChI=1S/C58H61F3N10O6S2/c1-34(2)51(49-26-35(3)66-77-49)54(75)69-32-44(72)28-48(69)53(74)65-46(39-10-12-40(13-11-39)52-36(4)64-33-79-52)29-50(73)68-24-18-41(19-25-68)67-22-16-38(17-23-67)7-6-37-8-14-42(15-9-37)71-56(78)70(55(76)57(71)20-5-21-57)43-27-45(58(59,60)61)47(30-62)63-31-43/h8-15,26-27,31,33-34,38,41,44,46,48,51,72H,5,16-25,28-29,32H2,1-4H3,(H,65,74). The summed E-state index contributed by atoms with van der Waals surface area (Å²) in [5, 5.41) is 27.3. The van der Waals surface area contributed by atoms with Crippen molar-refractivity contribution < 1.29 is 42.0 Å². The van der Waals surface area contributed by atoms with Crippen molar-refractivity contribution in [1.82, 2.24) is 35.1 Å². The molecule has 5 aliphatic rings. The summed E-state index contributed by atoms with van der Waals surface area (Å²) in [5.74, 6) is 5.21. The van der Waals surface area contributed by atoms with Gasteiger partial charge in [0.15, 0.2) is 10.8 Å². The van der Waals surface area contributed by atoms with Gasteiger partial charge in [0.1, 0.15) is 29.3 Å². The lowest BCUT2D eigenvalue weighted by molar-refractivity contribution is -0.141. The van der Waals surface area contributed by atoms with Crippen LogP contribution in [0.3, 0.4) is 0 Å². The molecule has 3 aromatic heterocycles. The van der Waals surface area contributed by atoms with Crippen LogP contribution in [0.25, 0.3) is 10.4 Å². The summed E-state index contributed by atoms with van der Waals surface area (Å²) < 4.78 is 47.1. The molecule has 0 radical (unpaired) electrons. The third kappa shape index (κ3) is 11.2. The smallest absolute Gasteiger partial charge is 0.391 e. The molecule has 5 aromatic rings. The highest BCUT2D eigenvalue weighted by atomic mass is 32.1. The molecule has 4 aliphatic heterocycles. The molecule has 10 rings (SSSR count). The van der Waals surface area contributed by atoms with Crippen molar-refractivity contribution in [3.8, 4) is 28.4 Å². The van der Waals surface area contributed by atoms with Crippen LogP contribution < -0.4 is 15.1 Å². The Morgan fingerprint density at radius 1 is 0.975 bits per heavy atom. The van der Waals surface area contributed by atoms with E-state index in [1.165, 1.54) is 22.3 Å². The predicted octanol–water partition coefficient (Wildman–Crippen LogP) is 8.46. The Bertz CT molecular complexity index is 3240. The summed E-state index contributed by atoms with van der Waals surface area (Å²) in [6, 6.07) is 17.8. The van der Waals surface area contributed by atoms with E-state index >= 15 is 0 Å². The van der Waals surface area contributed by atoms with Crippen LogP contribution in [-0.4, -0.2) is 120 Å². The first-order chi connectivity index (χ1) is 37.8. The minimum atomic E-state index is -4.85. The number of thiocarbonyl (C=S) groups is 1. The number of nitrogens with one attached hydrogen (secondary N) is 1. The van der Waals surface area contributed by atoms with E-state index in [9.17, 15) is 42.7 Å². The topological polar surface area (TPSA) is 192 Å². The molecular weight excluding hydrogens is 1050 g/mol. The van der Waals surface area contributed by atoms with E-state index in [2.05, 4.69) is 37.2 Å². The lowest BCUT2D eigenvalue weighted by Crippen LogP contribution is -2.55. The zero-order valence-electron chi connectivity index (χ0n) is 44.3. The molecule has 2 N–H and O–H groups in total. The summed E-state index contributed by atoms with van der Waals surface area (Å²) in [4.78, 5) is 74.6. The number of pyridine rings is 1. The van der Waals surface area contributed by atoms with Crippen LogP contribution in [0.15, 0.2) is 76.9 Å². The second-order valence-corrected chi connectivity index (χ2v) is 22.9. The molecule has 7 heterocycles. The molecule has 79 heavy (non-hydrogen) atoms. The van der Waals surface area contributed by atoms with Gasteiger partial charge in [-0.3, -0.25) is 24.1 Å². The van der Waals surface area contributed by atoms with Gasteiger partial charge in [0, 0.05) is 55.3 Å². The zero-order valence-corrected chi connectivity index (χ0v) is 46.0. The normalized spacial score (nSPS) is 20.8. The number of aliphatic hydroxyl groups is 1. The Kier molecular flexibility index (Phi) is 15.8. The molecule has 412 valence electrons. The third-order valence-corrected chi connectivity index (χ3v) is 17.7. The van der Waals surface area contributed by atoms with Crippen molar-refractivity contribution in [2.75, 3.05) is 42.5 Å². The number of hydrogen-bond acceptors (Lipinski definition) is 13. The lowest BCUT2D eigenvalue weighted by Gasteiger charge is -2.43. The Balaban J connectivity index is 0.749. The molecule has 1 spiro atoms. The first-order valence-electron chi connectivity index (χ1n) is 26.9. The van der Waals surface area contributed by atoms with Crippen LogP contribution in [0.2, 0.25) is 0 Å². The molecule has 1 aliphatic carbocycles. The molecule has 21 heteroatoms. The number of nitrogens with zero attached hydrogens (tertiary/aromatic N) is 9. The number of aliphatic hydroxyl groups excluding tert-OH is 1. The summed E-state index contributed by atoms with van der Waals surface area (Å²) >= 11 is 7.32. The number of carbonyl (C=O) groups excluding carboxylic acids is 4. The highest BCUT2D eigenvalue weighted by molar-refractivity contribution is 7.81. The van der Waals surface area contributed by atoms with Crippen molar-refractivity contribution in [2.24, 2.45) is 11.8 Å². The highest BCUT2D eigenvalue weighted by Crippen LogP contribution is 2.48. The number of aromatic nitrogens is 3. The lowest BCUT2D eigenvalue weighted by atomic mass is 9.75. The number of nitriles is 1. The van der Waals surface area contributed by atoms with E-state index in [1.54, 1.807) is 23.4 Å². The minimum absolute atomic E-state index is 0.00871. The van der Waals surface area contributed by atoms with Gasteiger partial charge in [0.25, 0.3) is 5.91 Å². The van der Waals surface area contributed by atoms with E-state index < -0.39 is 58.9 Å². The fourth-order valence-corrected chi connectivity index (χ4v) is 13.2. The van der Waals surface area contributed by atoms with Gasteiger partial charge in [-0.15, -0.1) is 11.3 Å². The number of aryl methyl sites for hydroxylation is 2. The second kappa shape index (κ2) is 22.6. The Labute approximate surface area is 465 Å². The van der Waals surface area contributed by atoms with E-state index in [-0.39, 0.29) is 53.8 Å².